The standard InChI is InChI=1S/C18H19ClFNO5S/c1-25-10-9-21(18(22)12-19)13-14-3-2-4-16(11-14)26-27(23,24)17-7-5-15(20)6-8-17/h2-8,11H,9-10,12-13H2,1H3. The third kappa shape index (κ3) is 6.20. The first-order valence-electron chi connectivity index (χ1n) is 7.97. The minimum absolute atomic E-state index is 0.0850. The Morgan fingerprint density at radius 2 is 1.89 bits per heavy atom. The van der Waals surface area contributed by atoms with Gasteiger partial charge in [0.1, 0.15) is 22.3 Å². The molecule has 0 saturated heterocycles. The van der Waals surface area contributed by atoms with Crippen molar-refractivity contribution in [3.63, 3.8) is 0 Å². The van der Waals surface area contributed by atoms with Crippen LogP contribution in [0.5, 0.6) is 5.75 Å². The fourth-order valence-corrected chi connectivity index (χ4v) is 3.36. The molecule has 0 aliphatic carbocycles. The molecule has 0 N–H and O–H groups in total. The molecule has 146 valence electrons. The quantitative estimate of drug-likeness (QED) is 0.465. The Morgan fingerprint density at radius 3 is 2.52 bits per heavy atom. The Balaban J connectivity index is 2.16. The van der Waals surface area contributed by atoms with Gasteiger partial charge in [-0.3, -0.25) is 4.79 Å². The molecule has 9 heteroatoms. The second kappa shape index (κ2) is 9.68. The van der Waals surface area contributed by atoms with E-state index in [9.17, 15) is 17.6 Å². The molecule has 0 aliphatic heterocycles. The lowest BCUT2D eigenvalue weighted by Gasteiger charge is -2.21. The molecule has 0 aliphatic rings. The molecule has 0 atom stereocenters. The van der Waals surface area contributed by atoms with Crippen LogP contribution >= 0.6 is 11.6 Å². The molecule has 0 spiro atoms. The van der Waals surface area contributed by atoms with Crippen LogP contribution in [0.15, 0.2) is 53.4 Å². The molecule has 0 heterocycles. The Kier molecular flexibility index (Phi) is 7.58. The van der Waals surface area contributed by atoms with Crippen LogP contribution < -0.4 is 4.18 Å². The molecular formula is C18H19ClFNO5S. The van der Waals surface area contributed by atoms with Crippen LogP contribution in [0, 0.1) is 5.82 Å². The Bertz CT molecular complexity index is 874. The lowest BCUT2D eigenvalue weighted by atomic mass is 10.2. The first-order valence-corrected chi connectivity index (χ1v) is 9.91. The number of rotatable bonds is 9. The monoisotopic (exact) mass is 415 g/mol. The van der Waals surface area contributed by atoms with E-state index in [1.54, 1.807) is 12.1 Å². The van der Waals surface area contributed by atoms with Crippen molar-refractivity contribution in [1.29, 1.82) is 0 Å². The largest absolute Gasteiger partial charge is 0.383 e. The number of ether oxygens (including phenoxy) is 1. The van der Waals surface area contributed by atoms with Gasteiger partial charge in [-0.25, -0.2) is 4.39 Å². The van der Waals surface area contributed by atoms with Crippen molar-refractivity contribution in [2.24, 2.45) is 0 Å². The summed E-state index contributed by atoms with van der Waals surface area (Å²) in [6.07, 6.45) is 0. The first-order chi connectivity index (χ1) is 12.9. The number of alkyl halides is 1. The van der Waals surface area contributed by atoms with E-state index < -0.39 is 15.9 Å². The number of carbonyl (C=O) groups is 1. The number of halogens is 2. The lowest BCUT2D eigenvalue weighted by Crippen LogP contribution is -2.34. The number of benzene rings is 2. The highest BCUT2D eigenvalue weighted by Crippen LogP contribution is 2.21. The smallest absolute Gasteiger partial charge is 0.339 e. The van der Waals surface area contributed by atoms with Gasteiger partial charge < -0.3 is 13.8 Å². The summed E-state index contributed by atoms with van der Waals surface area (Å²) in [7, 11) is -2.57. The van der Waals surface area contributed by atoms with Gasteiger partial charge in [0.25, 0.3) is 0 Å². The van der Waals surface area contributed by atoms with Crippen molar-refractivity contribution in [2.45, 2.75) is 11.4 Å². The zero-order valence-corrected chi connectivity index (χ0v) is 16.2. The highest BCUT2D eigenvalue weighted by molar-refractivity contribution is 7.87. The molecule has 0 radical (unpaired) electrons. The Morgan fingerprint density at radius 1 is 1.19 bits per heavy atom. The summed E-state index contributed by atoms with van der Waals surface area (Å²) in [6, 6.07) is 10.7. The van der Waals surface area contributed by atoms with E-state index >= 15 is 0 Å². The SMILES string of the molecule is COCCN(Cc1cccc(OS(=O)(=O)c2ccc(F)cc2)c1)C(=O)CCl. The summed E-state index contributed by atoms with van der Waals surface area (Å²) in [5.41, 5.74) is 0.663. The van der Waals surface area contributed by atoms with Gasteiger partial charge >= 0.3 is 10.1 Å². The van der Waals surface area contributed by atoms with Crippen LogP contribution in [-0.2, 0) is 26.2 Å². The van der Waals surface area contributed by atoms with Gasteiger partial charge in [-0.1, -0.05) is 12.1 Å². The summed E-state index contributed by atoms with van der Waals surface area (Å²) >= 11 is 5.63. The molecule has 0 aromatic heterocycles. The minimum Gasteiger partial charge on any atom is -0.383 e. The molecule has 2 aromatic rings. The number of nitrogens with zero attached hydrogens (tertiary/aromatic N) is 1. The van der Waals surface area contributed by atoms with Crippen molar-refractivity contribution in [3.05, 3.63) is 59.9 Å². The van der Waals surface area contributed by atoms with E-state index in [0.29, 0.717) is 18.7 Å². The summed E-state index contributed by atoms with van der Waals surface area (Å²) in [6.45, 7) is 0.918. The molecule has 6 nitrogen and oxygen atoms in total. The Labute approximate surface area is 162 Å². The van der Waals surface area contributed by atoms with E-state index in [0.717, 1.165) is 24.3 Å². The van der Waals surface area contributed by atoms with Crippen LogP contribution in [0.2, 0.25) is 0 Å². The van der Waals surface area contributed by atoms with Gasteiger partial charge in [-0.15, -0.1) is 11.6 Å². The topological polar surface area (TPSA) is 72.9 Å². The number of hydrogen-bond donors (Lipinski definition) is 0. The van der Waals surface area contributed by atoms with Crippen molar-refractivity contribution in [2.75, 3.05) is 26.1 Å². The van der Waals surface area contributed by atoms with Gasteiger partial charge in [-0.2, -0.15) is 8.42 Å². The highest BCUT2D eigenvalue weighted by Gasteiger charge is 2.18. The van der Waals surface area contributed by atoms with Gasteiger partial charge in [0.15, 0.2) is 0 Å². The van der Waals surface area contributed by atoms with Crippen LogP contribution in [0.1, 0.15) is 5.56 Å². The molecule has 27 heavy (non-hydrogen) atoms. The number of carbonyl (C=O) groups excluding carboxylic acids is 1. The summed E-state index contributed by atoms with van der Waals surface area (Å²) < 4.78 is 47.7. The number of amides is 1. The summed E-state index contributed by atoms with van der Waals surface area (Å²) in [5.74, 6) is -0.893. The van der Waals surface area contributed by atoms with Crippen LogP contribution in [0.25, 0.3) is 0 Å². The lowest BCUT2D eigenvalue weighted by molar-refractivity contribution is -0.129. The van der Waals surface area contributed by atoms with E-state index in [1.807, 2.05) is 0 Å². The van der Waals surface area contributed by atoms with Gasteiger partial charge in [0, 0.05) is 20.2 Å². The van der Waals surface area contributed by atoms with Crippen molar-refractivity contribution in [1.82, 2.24) is 4.90 Å². The fraction of sp³-hybridized carbons (Fsp3) is 0.278. The number of methoxy groups -OCH3 is 1. The molecule has 1 amide bonds. The average molecular weight is 416 g/mol. The maximum atomic E-state index is 13.0. The zero-order chi connectivity index (χ0) is 19.9. The predicted octanol–water partition coefficient (Wildman–Crippen LogP) is 2.81. The maximum Gasteiger partial charge on any atom is 0.339 e. The summed E-state index contributed by atoms with van der Waals surface area (Å²) in [5, 5.41) is 0. The third-order valence-electron chi connectivity index (χ3n) is 3.61. The fourth-order valence-electron chi connectivity index (χ4n) is 2.27. The van der Waals surface area contributed by atoms with E-state index in [1.165, 1.54) is 24.1 Å². The second-order valence-corrected chi connectivity index (χ2v) is 7.39. The molecule has 0 unspecified atom stereocenters. The molecular weight excluding hydrogens is 397 g/mol. The molecule has 0 fully saturated rings. The molecule has 0 bridgehead atoms. The second-order valence-electron chi connectivity index (χ2n) is 5.58. The van der Waals surface area contributed by atoms with Crippen molar-refractivity contribution < 1.29 is 26.5 Å². The van der Waals surface area contributed by atoms with E-state index in [-0.39, 0.29) is 29.0 Å². The van der Waals surface area contributed by atoms with Crippen LogP contribution in [0.4, 0.5) is 4.39 Å². The highest BCUT2D eigenvalue weighted by atomic mass is 35.5. The van der Waals surface area contributed by atoms with Gasteiger partial charge in [-0.05, 0) is 42.0 Å². The molecule has 2 aromatic carbocycles. The normalized spacial score (nSPS) is 11.2. The van der Waals surface area contributed by atoms with Crippen molar-refractivity contribution in [3.8, 4) is 5.75 Å². The molecule has 2 rings (SSSR count). The van der Waals surface area contributed by atoms with Crippen LogP contribution in [0.3, 0.4) is 0 Å². The van der Waals surface area contributed by atoms with E-state index in [2.05, 4.69) is 0 Å². The predicted molar refractivity (Wildman–Crippen MR) is 98.7 cm³/mol. The number of hydrogen-bond acceptors (Lipinski definition) is 5. The van der Waals surface area contributed by atoms with Gasteiger partial charge in [0.05, 0.1) is 6.61 Å². The zero-order valence-electron chi connectivity index (χ0n) is 14.6. The maximum absolute atomic E-state index is 13.0. The van der Waals surface area contributed by atoms with Crippen molar-refractivity contribution >= 4 is 27.6 Å². The first kappa shape index (κ1) is 21.1. The van der Waals surface area contributed by atoms with Gasteiger partial charge in [0.2, 0.25) is 5.91 Å². The average Bonchev–Trinajstić information content (AvgIpc) is 2.64. The van der Waals surface area contributed by atoms with E-state index in [4.69, 9.17) is 20.5 Å². The summed E-state index contributed by atoms with van der Waals surface area (Å²) in [4.78, 5) is 13.3. The third-order valence-corrected chi connectivity index (χ3v) is 5.10. The molecule has 0 saturated carbocycles. The minimum atomic E-state index is -4.10. The van der Waals surface area contributed by atoms with Crippen LogP contribution in [-0.4, -0.2) is 45.4 Å². The Hall–Kier alpha value is -2.16.